The lowest BCUT2D eigenvalue weighted by Gasteiger charge is -1.93. The van der Waals surface area contributed by atoms with Crippen LogP contribution >= 0.6 is 0 Å². The third kappa shape index (κ3) is 2.94. The van der Waals surface area contributed by atoms with Crippen LogP contribution < -0.4 is 5.73 Å². The molecule has 0 fully saturated rings. The van der Waals surface area contributed by atoms with Crippen LogP contribution in [0.5, 0.6) is 0 Å². The molecule has 1 aromatic rings. The highest BCUT2D eigenvalue weighted by atomic mass is 16.5. The quantitative estimate of drug-likeness (QED) is 0.419. The van der Waals surface area contributed by atoms with Crippen molar-refractivity contribution in [3.63, 3.8) is 0 Å². The lowest BCUT2D eigenvalue weighted by Crippen LogP contribution is -1.99. The number of hydrogen-bond acceptors (Lipinski definition) is 4. The highest BCUT2D eigenvalue weighted by molar-refractivity contribution is 6.23. The summed E-state index contributed by atoms with van der Waals surface area (Å²) < 4.78 is 4.38. The summed E-state index contributed by atoms with van der Waals surface area (Å²) in [7, 11) is 1.30. The van der Waals surface area contributed by atoms with E-state index in [-0.39, 0.29) is 0 Å². The molecular formula is C9H10N2O2. The Morgan fingerprint density at radius 2 is 2.08 bits per heavy atom. The maximum absolute atomic E-state index is 10.7. The van der Waals surface area contributed by atoms with Gasteiger partial charge in [0.15, 0.2) is 0 Å². The van der Waals surface area contributed by atoms with Gasteiger partial charge in [-0.15, -0.1) is 0 Å². The van der Waals surface area contributed by atoms with E-state index in [4.69, 9.17) is 5.73 Å². The first-order valence-corrected chi connectivity index (χ1v) is 3.70. The van der Waals surface area contributed by atoms with Gasteiger partial charge in [0, 0.05) is 5.69 Å². The lowest BCUT2D eigenvalue weighted by molar-refractivity contribution is -0.132. The number of carbonyl (C=O) groups excluding carboxylic acids is 1. The number of nitrogen functional groups attached to an aromatic ring is 1. The largest absolute Gasteiger partial charge is 0.465 e. The Labute approximate surface area is 76.0 Å². The van der Waals surface area contributed by atoms with Crippen molar-refractivity contribution in [1.82, 2.24) is 0 Å². The van der Waals surface area contributed by atoms with Crippen LogP contribution in [0.25, 0.3) is 0 Å². The SMILES string of the molecule is COC(=O)C=Nc1ccc(N)cc1. The standard InChI is InChI=1S/C9H10N2O2/c1-13-9(12)6-11-8-4-2-7(10)3-5-8/h2-6H,10H2,1H3. The van der Waals surface area contributed by atoms with Crippen molar-refractivity contribution in [1.29, 1.82) is 0 Å². The summed E-state index contributed by atoms with van der Waals surface area (Å²) in [6, 6.07) is 6.86. The Morgan fingerprint density at radius 3 is 2.62 bits per heavy atom. The summed E-state index contributed by atoms with van der Waals surface area (Å²) in [4.78, 5) is 14.5. The summed E-state index contributed by atoms with van der Waals surface area (Å²) in [5.41, 5.74) is 6.80. The number of nitrogens with zero attached hydrogens (tertiary/aromatic N) is 1. The Morgan fingerprint density at radius 1 is 1.46 bits per heavy atom. The first-order valence-electron chi connectivity index (χ1n) is 3.70. The predicted octanol–water partition coefficient (Wildman–Crippen LogP) is 1.14. The van der Waals surface area contributed by atoms with Crippen molar-refractivity contribution in [2.45, 2.75) is 0 Å². The Hall–Kier alpha value is -1.84. The average molecular weight is 178 g/mol. The molecule has 0 bridgehead atoms. The van der Waals surface area contributed by atoms with Gasteiger partial charge in [0.05, 0.1) is 12.8 Å². The average Bonchev–Trinajstić information content (AvgIpc) is 2.16. The van der Waals surface area contributed by atoms with E-state index in [2.05, 4.69) is 9.73 Å². The van der Waals surface area contributed by atoms with Gasteiger partial charge in [0.25, 0.3) is 0 Å². The van der Waals surface area contributed by atoms with E-state index < -0.39 is 5.97 Å². The van der Waals surface area contributed by atoms with E-state index in [1.165, 1.54) is 7.11 Å². The molecular weight excluding hydrogens is 168 g/mol. The number of methoxy groups -OCH3 is 1. The van der Waals surface area contributed by atoms with Gasteiger partial charge in [-0.05, 0) is 24.3 Å². The number of benzene rings is 1. The molecule has 4 heteroatoms. The summed E-state index contributed by atoms with van der Waals surface area (Å²) >= 11 is 0. The molecule has 0 heterocycles. The number of nitrogens with two attached hydrogens (primary N) is 1. The molecule has 0 amide bonds. The monoisotopic (exact) mass is 178 g/mol. The minimum Gasteiger partial charge on any atom is -0.465 e. The number of aliphatic imine (C=N–C) groups is 1. The Kier molecular flexibility index (Phi) is 3.03. The first kappa shape index (κ1) is 9.25. The summed E-state index contributed by atoms with van der Waals surface area (Å²) in [6.45, 7) is 0. The predicted molar refractivity (Wildman–Crippen MR) is 51.0 cm³/mol. The Balaban J connectivity index is 2.69. The molecule has 0 radical (unpaired) electrons. The molecule has 13 heavy (non-hydrogen) atoms. The van der Waals surface area contributed by atoms with E-state index in [0.717, 1.165) is 6.21 Å². The van der Waals surface area contributed by atoms with Crippen molar-refractivity contribution in [2.24, 2.45) is 4.99 Å². The maximum Gasteiger partial charge on any atom is 0.349 e. The van der Waals surface area contributed by atoms with Crippen LogP contribution in [0.3, 0.4) is 0 Å². The lowest BCUT2D eigenvalue weighted by atomic mass is 10.3. The van der Waals surface area contributed by atoms with Gasteiger partial charge < -0.3 is 10.5 Å². The molecule has 4 nitrogen and oxygen atoms in total. The van der Waals surface area contributed by atoms with Crippen LogP contribution in [0.2, 0.25) is 0 Å². The van der Waals surface area contributed by atoms with Crippen LogP contribution in [0, 0.1) is 0 Å². The number of hydrogen-bond donors (Lipinski definition) is 1. The Bertz CT molecular complexity index is 317. The van der Waals surface area contributed by atoms with Crippen molar-refractivity contribution >= 4 is 23.6 Å². The third-order valence-electron chi connectivity index (χ3n) is 1.41. The van der Waals surface area contributed by atoms with E-state index in [1.807, 2.05) is 0 Å². The van der Waals surface area contributed by atoms with Gasteiger partial charge in [-0.3, -0.25) is 0 Å². The molecule has 0 saturated carbocycles. The third-order valence-corrected chi connectivity index (χ3v) is 1.41. The number of rotatable bonds is 2. The zero-order valence-corrected chi connectivity index (χ0v) is 7.23. The number of carbonyl (C=O) groups is 1. The van der Waals surface area contributed by atoms with Gasteiger partial charge in [-0.25, -0.2) is 9.79 Å². The zero-order valence-electron chi connectivity index (χ0n) is 7.23. The van der Waals surface area contributed by atoms with Crippen LogP contribution in [-0.2, 0) is 9.53 Å². The fourth-order valence-electron chi connectivity index (χ4n) is 0.740. The molecule has 1 rings (SSSR count). The van der Waals surface area contributed by atoms with E-state index in [1.54, 1.807) is 24.3 Å². The molecule has 68 valence electrons. The first-order chi connectivity index (χ1) is 6.22. The van der Waals surface area contributed by atoms with Crippen LogP contribution in [0.15, 0.2) is 29.3 Å². The van der Waals surface area contributed by atoms with Gasteiger partial charge in [-0.1, -0.05) is 0 Å². The highest BCUT2D eigenvalue weighted by Crippen LogP contribution is 2.12. The molecule has 0 atom stereocenters. The summed E-state index contributed by atoms with van der Waals surface area (Å²) in [5, 5.41) is 0. The molecule has 0 saturated heterocycles. The smallest absolute Gasteiger partial charge is 0.349 e. The van der Waals surface area contributed by atoms with E-state index in [9.17, 15) is 4.79 Å². The summed E-state index contributed by atoms with van der Waals surface area (Å²) in [6.07, 6.45) is 1.12. The van der Waals surface area contributed by atoms with Crippen LogP contribution in [0.1, 0.15) is 0 Å². The van der Waals surface area contributed by atoms with Crippen molar-refractivity contribution in [3.05, 3.63) is 24.3 Å². The number of ether oxygens (including phenoxy) is 1. The number of esters is 1. The topological polar surface area (TPSA) is 64.7 Å². The van der Waals surface area contributed by atoms with Gasteiger partial charge in [0.2, 0.25) is 0 Å². The van der Waals surface area contributed by atoms with Gasteiger partial charge in [0.1, 0.15) is 6.21 Å². The minimum atomic E-state index is -0.475. The fraction of sp³-hybridized carbons (Fsp3) is 0.111. The molecule has 2 N–H and O–H groups in total. The molecule has 0 aliphatic carbocycles. The maximum atomic E-state index is 10.7. The number of anilines is 1. The van der Waals surface area contributed by atoms with Gasteiger partial charge in [-0.2, -0.15) is 0 Å². The zero-order chi connectivity index (χ0) is 9.68. The van der Waals surface area contributed by atoms with Crippen molar-refractivity contribution in [3.8, 4) is 0 Å². The second kappa shape index (κ2) is 4.25. The molecule has 0 spiro atoms. The summed E-state index contributed by atoms with van der Waals surface area (Å²) in [5.74, 6) is -0.475. The van der Waals surface area contributed by atoms with Crippen LogP contribution in [0.4, 0.5) is 11.4 Å². The van der Waals surface area contributed by atoms with E-state index in [0.29, 0.717) is 11.4 Å². The van der Waals surface area contributed by atoms with E-state index >= 15 is 0 Å². The van der Waals surface area contributed by atoms with Crippen molar-refractivity contribution in [2.75, 3.05) is 12.8 Å². The molecule has 0 unspecified atom stereocenters. The second-order valence-electron chi connectivity index (χ2n) is 2.37. The minimum absolute atomic E-state index is 0.475. The molecule has 0 aliphatic heterocycles. The molecule has 1 aromatic carbocycles. The van der Waals surface area contributed by atoms with Gasteiger partial charge >= 0.3 is 5.97 Å². The second-order valence-corrected chi connectivity index (χ2v) is 2.37. The van der Waals surface area contributed by atoms with Crippen molar-refractivity contribution < 1.29 is 9.53 Å². The molecule has 0 aromatic heterocycles. The molecule has 0 aliphatic rings. The van der Waals surface area contributed by atoms with Crippen LogP contribution in [-0.4, -0.2) is 19.3 Å². The fourth-order valence-corrected chi connectivity index (χ4v) is 0.740. The normalized spacial score (nSPS) is 10.2. The highest BCUT2D eigenvalue weighted by Gasteiger charge is 1.92.